The molecular formula is C11H18NO3P. The standard InChI is InChI=1S/C11H18NO3P/c1-2-3-9-12-11(16(13,14)15)10-7-5-4-6-8-10/h4-8,11-12H,2-3,9H2,1H3,(H2,13,14,15)/t11-/m0/s1. The molecule has 1 rings (SSSR count). The van der Waals surface area contributed by atoms with Gasteiger partial charge in [0.25, 0.3) is 0 Å². The lowest BCUT2D eigenvalue weighted by Gasteiger charge is -2.20. The molecule has 1 aromatic carbocycles. The van der Waals surface area contributed by atoms with Crippen molar-refractivity contribution in [3.05, 3.63) is 35.9 Å². The normalized spacial score (nSPS) is 13.7. The van der Waals surface area contributed by atoms with Crippen molar-refractivity contribution in [2.24, 2.45) is 0 Å². The largest absolute Gasteiger partial charge is 0.346 e. The summed E-state index contributed by atoms with van der Waals surface area (Å²) in [5.74, 6) is -0.889. The minimum absolute atomic E-state index is 0.612. The number of hydrogen-bond acceptors (Lipinski definition) is 2. The molecule has 0 unspecified atom stereocenters. The summed E-state index contributed by atoms with van der Waals surface area (Å²) in [4.78, 5) is 18.6. The Bertz CT molecular complexity index is 350. The molecule has 5 heteroatoms. The Kier molecular flexibility index (Phi) is 5.16. The molecule has 0 aromatic heterocycles. The van der Waals surface area contributed by atoms with E-state index in [-0.39, 0.29) is 0 Å². The maximum absolute atomic E-state index is 11.4. The monoisotopic (exact) mass is 243 g/mol. The van der Waals surface area contributed by atoms with Crippen molar-refractivity contribution >= 4 is 7.60 Å². The molecule has 0 saturated heterocycles. The molecule has 4 nitrogen and oxygen atoms in total. The van der Waals surface area contributed by atoms with Crippen LogP contribution in [0.15, 0.2) is 30.3 Å². The van der Waals surface area contributed by atoms with E-state index in [1.807, 2.05) is 13.0 Å². The highest BCUT2D eigenvalue weighted by atomic mass is 31.2. The predicted octanol–water partition coefficient (Wildman–Crippen LogP) is 2.25. The van der Waals surface area contributed by atoms with Gasteiger partial charge >= 0.3 is 7.60 Å². The lowest BCUT2D eigenvalue weighted by molar-refractivity contribution is 0.347. The van der Waals surface area contributed by atoms with Gasteiger partial charge in [-0.05, 0) is 18.5 Å². The summed E-state index contributed by atoms with van der Waals surface area (Å²) < 4.78 is 11.4. The van der Waals surface area contributed by atoms with Crippen LogP contribution in [0.25, 0.3) is 0 Å². The van der Waals surface area contributed by atoms with Gasteiger partial charge in [-0.15, -0.1) is 0 Å². The minimum atomic E-state index is -4.15. The smallest absolute Gasteiger partial charge is 0.323 e. The van der Waals surface area contributed by atoms with E-state index in [2.05, 4.69) is 5.32 Å². The second kappa shape index (κ2) is 6.16. The van der Waals surface area contributed by atoms with E-state index in [0.29, 0.717) is 12.1 Å². The van der Waals surface area contributed by atoms with Gasteiger partial charge in [-0.1, -0.05) is 43.7 Å². The third kappa shape index (κ3) is 4.06. The van der Waals surface area contributed by atoms with Gasteiger partial charge in [0.1, 0.15) is 5.78 Å². The first-order valence-corrected chi connectivity index (χ1v) is 7.07. The van der Waals surface area contributed by atoms with E-state index < -0.39 is 13.4 Å². The van der Waals surface area contributed by atoms with E-state index >= 15 is 0 Å². The maximum Gasteiger partial charge on any atom is 0.346 e. The highest BCUT2D eigenvalue weighted by Gasteiger charge is 2.29. The summed E-state index contributed by atoms with van der Waals surface area (Å²) in [7, 11) is -4.15. The van der Waals surface area contributed by atoms with Crippen LogP contribution in [-0.4, -0.2) is 16.3 Å². The third-order valence-corrected chi connectivity index (χ3v) is 3.47. The van der Waals surface area contributed by atoms with Crippen molar-refractivity contribution in [3.8, 4) is 0 Å². The van der Waals surface area contributed by atoms with Crippen LogP contribution in [0.5, 0.6) is 0 Å². The van der Waals surface area contributed by atoms with Crippen LogP contribution in [0, 0.1) is 0 Å². The first-order valence-electron chi connectivity index (χ1n) is 5.39. The maximum atomic E-state index is 11.4. The molecule has 0 radical (unpaired) electrons. The Morgan fingerprint density at radius 3 is 2.44 bits per heavy atom. The SMILES string of the molecule is CCCCN[C@H](c1ccccc1)P(=O)(O)O. The van der Waals surface area contributed by atoms with Gasteiger partial charge in [-0.2, -0.15) is 0 Å². The van der Waals surface area contributed by atoms with Crippen LogP contribution in [0.4, 0.5) is 0 Å². The minimum Gasteiger partial charge on any atom is -0.323 e. The molecule has 1 aromatic rings. The highest BCUT2D eigenvalue weighted by Crippen LogP contribution is 2.49. The van der Waals surface area contributed by atoms with Gasteiger partial charge in [-0.3, -0.25) is 9.88 Å². The molecule has 0 aliphatic rings. The zero-order valence-electron chi connectivity index (χ0n) is 9.34. The van der Waals surface area contributed by atoms with E-state index in [1.54, 1.807) is 24.3 Å². The summed E-state index contributed by atoms with van der Waals surface area (Å²) in [5.41, 5.74) is 0.631. The number of unbranched alkanes of at least 4 members (excludes halogenated alkanes) is 1. The third-order valence-electron chi connectivity index (χ3n) is 2.32. The fourth-order valence-electron chi connectivity index (χ4n) is 1.48. The van der Waals surface area contributed by atoms with Crippen LogP contribution in [-0.2, 0) is 4.57 Å². The second-order valence-electron chi connectivity index (χ2n) is 3.71. The summed E-state index contributed by atoms with van der Waals surface area (Å²) in [5, 5.41) is 2.91. The molecule has 0 fully saturated rings. The quantitative estimate of drug-likeness (QED) is 0.529. The topological polar surface area (TPSA) is 69.6 Å². The van der Waals surface area contributed by atoms with Crippen LogP contribution >= 0.6 is 7.60 Å². The molecule has 16 heavy (non-hydrogen) atoms. The van der Waals surface area contributed by atoms with E-state index in [0.717, 1.165) is 12.8 Å². The summed E-state index contributed by atoms with van der Waals surface area (Å²) in [6.45, 7) is 2.65. The molecule has 0 bridgehead atoms. The Morgan fingerprint density at radius 2 is 1.94 bits per heavy atom. The zero-order chi connectivity index (χ0) is 12.0. The van der Waals surface area contributed by atoms with Crippen LogP contribution in [0.3, 0.4) is 0 Å². The lowest BCUT2D eigenvalue weighted by Crippen LogP contribution is -2.22. The molecule has 3 N–H and O–H groups in total. The zero-order valence-corrected chi connectivity index (χ0v) is 10.2. The lowest BCUT2D eigenvalue weighted by atomic mass is 10.2. The van der Waals surface area contributed by atoms with Gasteiger partial charge in [0, 0.05) is 0 Å². The van der Waals surface area contributed by atoms with Gasteiger partial charge < -0.3 is 9.79 Å². The summed E-state index contributed by atoms with van der Waals surface area (Å²) in [6, 6.07) is 8.83. The van der Waals surface area contributed by atoms with E-state index in [4.69, 9.17) is 0 Å². The summed E-state index contributed by atoms with van der Waals surface area (Å²) in [6.07, 6.45) is 1.90. The fraction of sp³-hybridized carbons (Fsp3) is 0.455. The molecule has 0 spiro atoms. The average Bonchev–Trinajstić information content (AvgIpc) is 2.24. The molecule has 1 atom stereocenters. The van der Waals surface area contributed by atoms with Crippen molar-refractivity contribution < 1.29 is 14.4 Å². The average molecular weight is 243 g/mol. The van der Waals surface area contributed by atoms with Gasteiger partial charge in [0.15, 0.2) is 0 Å². The number of nitrogens with one attached hydrogen (secondary N) is 1. The van der Waals surface area contributed by atoms with E-state index in [9.17, 15) is 14.4 Å². The Balaban J connectivity index is 2.77. The second-order valence-corrected chi connectivity index (χ2v) is 5.40. The van der Waals surface area contributed by atoms with Crippen molar-refractivity contribution in [2.75, 3.05) is 6.54 Å². The molecule has 0 saturated carbocycles. The predicted molar refractivity (Wildman–Crippen MR) is 64.1 cm³/mol. The van der Waals surface area contributed by atoms with Crippen LogP contribution in [0.2, 0.25) is 0 Å². The molecule has 0 aliphatic heterocycles. The Morgan fingerprint density at radius 1 is 1.31 bits per heavy atom. The van der Waals surface area contributed by atoms with Gasteiger partial charge in [0.2, 0.25) is 0 Å². The highest BCUT2D eigenvalue weighted by molar-refractivity contribution is 7.52. The first kappa shape index (κ1) is 13.4. The molecule has 0 heterocycles. The van der Waals surface area contributed by atoms with E-state index in [1.165, 1.54) is 0 Å². The first-order chi connectivity index (χ1) is 7.55. The molecule has 90 valence electrons. The Hall–Kier alpha value is -0.670. The number of hydrogen-bond donors (Lipinski definition) is 3. The van der Waals surface area contributed by atoms with Crippen molar-refractivity contribution in [1.82, 2.24) is 5.32 Å². The van der Waals surface area contributed by atoms with Gasteiger partial charge in [-0.25, -0.2) is 0 Å². The molecular weight excluding hydrogens is 225 g/mol. The fourth-order valence-corrected chi connectivity index (χ4v) is 2.41. The number of benzene rings is 1. The molecule has 0 aliphatic carbocycles. The van der Waals surface area contributed by atoms with Crippen molar-refractivity contribution in [1.29, 1.82) is 0 Å². The van der Waals surface area contributed by atoms with Crippen LogP contribution < -0.4 is 5.32 Å². The molecule has 0 amide bonds. The van der Waals surface area contributed by atoms with Crippen LogP contribution in [0.1, 0.15) is 31.1 Å². The van der Waals surface area contributed by atoms with Crippen molar-refractivity contribution in [3.63, 3.8) is 0 Å². The Labute approximate surface area is 95.9 Å². The number of rotatable bonds is 6. The summed E-state index contributed by atoms with van der Waals surface area (Å²) >= 11 is 0. The van der Waals surface area contributed by atoms with Gasteiger partial charge in [0.05, 0.1) is 0 Å². The van der Waals surface area contributed by atoms with Crippen molar-refractivity contribution in [2.45, 2.75) is 25.5 Å².